The van der Waals surface area contributed by atoms with E-state index < -0.39 is 0 Å². The number of hydrogen-bond donors (Lipinski definition) is 2. The molecule has 5 rings (SSSR count). The van der Waals surface area contributed by atoms with Crippen molar-refractivity contribution in [3.63, 3.8) is 0 Å². The van der Waals surface area contributed by atoms with Gasteiger partial charge in [0, 0.05) is 25.6 Å². The summed E-state index contributed by atoms with van der Waals surface area (Å²) in [5.41, 5.74) is 6.53. The third kappa shape index (κ3) is 3.17. The molecular weight excluding hydrogens is 358 g/mol. The summed E-state index contributed by atoms with van der Waals surface area (Å²) in [5, 5.41) is 10.4. The lowest BCUT2D eigenvalue weighted by molar-refractivity contribution is 0.0615. The number of rotatable bonds is 6. The van der Waals surface area contributed by atoms with E-state index in [1.54, 1.807) is 9.13 Å². The van der Waals surface area contributed by atoms with Gasteiger partial charge in [0.2, 0.25) is 5.95 Å². The Balaban J connectivity index is 1.64. The zero-order chi connectivity index (χ0) is 19.4. The Morgan fingerprint density at radius 1 is 0.893 bits per heavy atom. The van der Waals surface area contributed by atoms with Crippen molar-refractivity contribution in [1.82, 2.24) is 18.7 Å². The van der Waals surface area contributed by atoms with Crippen LogP contribution >= 0.6 is 0 Å². The molecule has 2 heterocycles. The molecule has 2 atom stereocenters. The van der Waals surface area contributed by atoms with Crippen molar-refractivity contribution >= 4 is 17.1 Å². The number of hydrogen-bond acceptors (Lipinski definition) is 5. The van der Waals surface area contributed by atoms with Gasteiger partial charge in [-0.25, -0.2) is 4.79 Å². The molecule has 8 nitrogen and oxygen atoms in total. The maximum atomic E-state index is 13.3. The van der Waals surface area contributed by atoms with Crippen molar-refractivity contribution in [3.8, 4) is 0 Å². The number of nitrogens with two attached hydrogens (primary N) is 1. The molecule has 0 radical (unpaired) electrons. The van der Waals surface area contributed by atoms with Gasteiger partial charge in [-0.2, -0.15) is 4.98 Å². The zero-order valence-electron chi connectivity index (χ0n) is 16.2. The average molecular weight is 387 g/mol. The summed E-state index contributed by atoms with van der Waals surface area (Å²) >= 11 is 0. The van der Waals surface area contributed by atoms with Crippen LogP contribution in [0.1, 0.15) is 51.4 Å². The first-order valence-corrected chi connectivity index (χ1v) is 10.7. The number of nitrogen functional groups attached to an aromatic ring is 1. The van der Waals surface area contributed by atoms with E-state index in [0.29, 0.717) is 42.6 Å². The quantitative estimate of drug-likeness (QED) is 0.777. The standard InChI is InChI=1S/C20H29N5O3/c21-19-22-17-16(23(19)11-14-3-1-2-4-15(14)26)18(27)25(10-13-7-8-13)20(28)24(17)9-12-5-6-12/h12-15,26H,1-11H2,(H2,21,22). The van der Waals surface area contributed by atoms with Crippen LogP contribution in [-0.4, -0.2) is 29.9 Å². The maximum absolute atomic E-state index is 13.3. The third-order valence-corrected chi connectivity index (χ3v) is 6.71. The molecule has 0 aliphatic heterocycles. The van der Waals surface area contributed by atoms with E-state index in [0.717, 1.165) is 51.4 Å². The molecule has 0 aromatic carbocycles. The van der Waals surface area contributed by atoms with Crippen LogP contribution in [0.25, 0.3) is 11.2 Å². The van der Waals surface area contributed by atoms with Crippen molar-refractivity contribution < 1.29 is 5.11 Å². The lowest BCUT2D eigenvalue weighted by Crippen LogP contribution is -2.41. The topological polar surface area (TPSA) is 108 Å². The van der Waals surface area contributed by atoms with Crippen molar-refractivity contribution in [2.75, 3.05) is 5.73 Å². The number of anilines is 1. The van der Waals surface area contributed by atoms with Crippen LogP contribution in [0.15, 0.2) is 9.59 Å². The number of imidazole rings is 1. The number of aliphatic hydroxyl groups is 1. The molecule has 0 saturated heterocycles. The molecule has 0 spiro atoms. The highest BCUT2D eigenvalue weighted by Gasteiger charge is 2.31. The highest BCUT2D eigenvalue weighted by Crippen LogP contribution is 2.32. The van der Waals surface area contributed by atoms with Crippen LogP contribution in [0.2, 0.25) is 0 Å². The van der Waals surface area contributed by atoms with Crippen LogP contribution < -0.4 is 17.0 Å². The van der Waals surface area contributed by atoms with Gasteiger partial charge in [-0.05, 0) is 50.4 Å². The molecule has 2 aromatic heterocycles. The van der Waals surface area contributed by atoms with Crippen molar-refractivity contribution in [1.29, 1.82) is 0 Å². The normalized spacial score (nSPS) is 25.5. The Morgan fingerprint density at radius 2 is 1.54 bits per heavy atom. The van der Waals surface area contributed by atoms with Gasteiger partial charge in [-0.15, -0.1) is 0 Å². The number of fused-ring (bicyclic) bond motifs is 1. The lowest BCUT2D eigenvalue weighted by atomic mass is 9.86. The SMILES string of the molecule is Nc1nc2c(c(=O)n(CC3CC3)c(=O)n2CC2CC2)n1CC1CCCCC1O. The second-order valence-electron chi connectivity index (χ2n) is 9.06. The first-order valence-electron chi connectivity index (χ1n) is 10.7. The Hall–Kier alpha value is -2.09. The maximum Gasteiger partial charge on any atom is 0.332 e. The second kappa shape index (κ2) is 6.76. The van der Waals surface area contributed by atoms with Gasteiger partial charge < -0.3 is 15.4 Å². The molecule has 0 bridgehead atoms. The molecular formula is C20H29N5O3. The second-order valence-corrected chi connectivity index (χ2v) is 9.06. The molecule has 3 fully saturated rings. The summed E-state index contributed by atoms with van der Waals surface area (Å²) in [7, 11) is 0. The van der Waals surface area contributed by atoms with E-state index in [1.165, 1.54) is 4.57 Å². The molecule has 2 aromatic rings. The predicted molar refractivity (Wildman–Crippen MR) is 106 cm³/mol. The molecule has 3 N–H and O–H groups in total. The van der Waals surface area contributed by atoms with Gasteiger partial charge >= 0.3 is 5.69 Å². The van der Waals surface area contributed by atoms with Gasteiger partial charge in [-0.3, -0.25) is 13.9 Å². The summed E-state index contributed by atoms with van der Waals surface area (Å²) in [6.07, 6.45) is 7.80. The molecule has 8 heteroatoms. The fourth-order valence-corrected chi connectivity index (χ4v) is 4.57. The third-order valence-electron chi connectivity index (χ3n) is 6.71. The predicted octanol–water partition coefficient (Wildman–Crippen LogP) is 1.31. The molecule has 152 valence electrons. The highest BCUT2D eigenvalue weighted by atomic mass is 16.3. The van der Waals surface area contributed by atoms with Crippen LogP contribution in [0.3, 0.4) is 0 Å². The van der Waals surface area contributed by atoms with Gasteiger partial charge in [0.1, 0.15) is 0 Å². The summed E-state index contributed by atoms with van der Waals surface area (Å²) in [5.74, 6) is 1.23. The van der Waals surface area contributed by atoms with Crippen LogP contribution in [0.5, 0.6) is 0 Å². The minimum Gasteiger partial charge on any atom is -0.393 e. The van der Waals surface area contributed by atoms with Gasteiger partial charge in [-0.1, -0.05) is 12.8 Å². The van der Waals surface area contributed by atoms with E-state index >= 15 is 0 Å². The Kier molecular flexibility index (Phi) is 4.34. The monoisotopic (exact) mass is 387 g/mol. The molecule has 2 unspecified atom stereocenters. The summed E-state index contributed by atoms with van der Waals surface area (Å²) in [4.78, 5) is 30.8. The van der Waals surface area contributed by atoms with E-state index in [1.807, 2.05) is 0 Å². The van der Waals surface area contributed by atoms with E-state index in [4.69, 9.17) is 5.73 Å². The van der Waals surface area contributed by atoms with E-state index in [2.05, 4.69) is 4.98 Å². The van der Waals surface area contributed by atoms with Crippen molar-refractivity contribution in [2.45, 2.75) is 77.1 Å². The van der Waals surface area contributed by atoms with Gasteiger partial charge in [0.15, 0.2) is 11.2 Å². The fourth-order valence-electron chi connectivity index (χ4n) is 4.57. The summed E-state index contributed by atoms with van der Waals surface area (Å²) < 4.78 is 4.82. The van der Waals surface area contributed by atoms with Crippen molar-refractivity contribution in [2.24, 2.45) is 17.8 Å². The number of aromatic nitrogens is 4. The van der Waals surface area contributed by atoms with Crippen LogP contribution in [-0.2, 0) is 19.6 Å². The molecule has 3 saturated carbocycles. The van der Waals surface area contributed by atoms with Crippen LogP contribution in [0, 0.1) is 17.8 Å². The zero-order valence-corrected chi connectivity index (χ0v) is 16.2. The lowest BCUT2D eigenvalue weighted by Gasteiger charge is -2.28. The van der Waals surface area contributed by atoms with Gasteiger partial charge in [0.25, 0.3) is 5.56 Å². The Morgan fingerprint density at radius 3 is 2.18 bits per heavy atom. The number of aliphatic hydroxyl groups excluding tert-OH is 1. The minimum atomic E-state index is -0.378. The average Bonchev–Trinajstić information content (AvgIpc) is 3.58. The molecule has 3 aliphatic rings. The fraction of sp³-hybridized carbons (Fsp3) is 0.750. The van der Waals surface area contributed by atoms with E-state index in [-0.39, 0.29) is 29.2 Å². The first-order chi connectivity index (χ1) is 13.5. The molecule has 28 heavy (non-hydrogen) atoms. The van der Waals surface area contributed by atoms with Crippen LogP contribution in [0.4, 0.5) is 5.95 Å². The smallest absolute Gasteiger partial charge is 0.332 e. The number of nitrogens with zero attached hydrogens (tertiary/aromatic N) is 4. The first kappa shape index (κ1) is 18.0. The highest BCUT2D eigenvalue weighted by molar-refractivity contribution is 5.73. The van der Waals surface area contributed by atoms with Gasteiger partial charge in [0.05, 0.1) is 6.10 Å². The molecule has 3 aliphatic carbocycles. The summed E-state index contributed by atoms with van der Waals surface area (Å²) in [6, 6.07) is 0. The Bertz CT molecular complexity index is 1010. The Labute approximate surface area is 163 Å². The largest absolute Gasteiger partial charge is 0.393 e. The van der Waals surface area contributed by atoms with Crippen molar-refractivity contribution in [3.05, 3.63) is 20.8 Å². The molecule has 0 amide bonds. The minimum absolute atomic E-state index is 0.0635. The summed E-state index contributed by atoms with van der Waals surface area (Å²) in [6.45, 7) is 1.56. The van der Waals surface area contributed by atoms with E-state index in [9.17, 15) is 14.7 Å².